The number of hydrazone groups is 1. The minimum Gasteiger partial charge on any atom is -0.505 e. The summed E-state index contributed by atoms with van der Waals surface area (Å²) >= 11 is 0. The molecule has 0 bridgehead atoms. The normalized spacial score (nSPS) is 12.6. The highest BCUT2D eigenvalue weighted by molar-refractivity contribution is 5.86. The van der Waals surface area contributed by atoms with E-state index in [4.69, 9.17) is 15.9 Å². The standard InChI is InChI=1S/C10H12FN3O4/c11-8-7(16)2-1-5(9(8)17)3-13-14-10(18)6(12)4-15/h1-3,6,15-17H,4,12H2,(H,14,18)/b13-3+/t6-/m0/s1. The molecule has 1 rings (SSSR count). The van der Waals surface area contributed by atoms with Crippen molar-refractivity contribution < 1.29 is 24.5 Å². The lowest BCUT2D eigenvalue weighted by atomic mass is 10.2. The molecule has 1 amide bonds. The molecule has 1 aromatic rings. The number of nitrogens with zero attached hydrogens (tertiary/aromatic N) is 1. The van der Waals surface area contributed by atoms with Crippen molar-refractivity contribution in [3.63, 3.8) is 0 Å². The first-order valence-corrected chi connectivity index (χ1v) is 4.87. The first-order chi connectivity index (χ1) is 8.47. The van der Waals surface area contributed by atoms with Crippen LogP contribution in [0.3, 0.4) is 0 Å². The van der Waals surface area contributed by atoms with Crippen LogP contribution in [-0.4, -0.2) is 40.1 Å². The molecule has 0 fully saturated rings. The molecule has 7 nitrogen and oxygen atoms in total. The molecule has 0 unspecified atom stereocenters. The van der Waals surface area contributed by atoms with Crippen LogP contribution in [0.5, 0.6) is 11.5 Å². The average molecular weight is 257 g/mol. The molecule has 0 radical (unpaired) electrons. The third kappa shape index (κ3) is 3.15. The van der Waals surface area contributed by atoms with Crippen molar-refractivity contribution in [2.24, 2.45) is 10.8 Å². The van der Waals surface area contributed by atoms with E-state index in [0.717, 1.165) is 12.3 Å². The van der Waals surface area contributed by atoms with E-state index in [9.17, 15) is 14.3 Å². The Balaban J connectivity index is 2.74. The molecule has 1 aromatic carbocycles. The fourth-order valence-electron chi connectivity index (χ4n) is 1.00. The van der Waals surface area contributed by atoms with Crippen molar-refractivity contribution in [3.8, 4) is 11.5 Å². The van der Waals surface area contributed by atoms with Crippen molar-refractivity contribution in [2.75, 3.05) is 6.61 Å². The Morgan fingerprint density at radius 3 is 2.83 bits per heavy atom. The largest absolute Gasteiger partial charge is 0.505 e. The lowest BCUT2D eigenvalue weighted by Crippen LogP contribution is -2.40. The van der Waals surface area contributed by atoms with Gasteiger partial charge < -0.3 is 21.1 Å². The average Bonchev–Trinajstić information content (AvgIpc) is 2.37. The summed E-state index contributed by atoms with van der Waals surface area (Å²) < 4.78 is 13.1. The second kappa shape index (κ2) is 5.94. The van der Waals surface area contributed by atoms with Crippen molar-refractivity contribution >= 4 is 12.1 Å². The van der Waals surface area contributed by atoms with E-state index in [1.807, 2.05) is 5.43 Å². The van der Waals surface area contributed by atoms with Crippen LogP contribution in [-0.2, 0) is 4.79 Å². The minimum atomic E-state index is -1.18. The Morgan fingerprint density at radius 1 is 1.56 bits per heavy atom. The molecule has 8 heteroatoms. The molecule has 0 saturated heterocycles. The van der Waals surface area contributed by atoms with Crippen LogP contribution < -0.4 is 11.2 Å². The maximum Gasteiger partial charge on any atom is 0.259 e. The van der Waals surface area contributed by atoms with Gasteiger partial charge in [0.15, 0.2) is 11.5 Å². The maximum absolute atomic E-state index is 13.1. The summed E-state index contributed by atoms with van der Waals surface area (Å²) in [7, 11) is 0. The molecule has 1 atom stereocenters. The van der Waals surface area contributed by atoms with Gasteiger partial charge in [-0.1, -0.05) is 0 Å². The lowest BCUT2D eigenvalue weighted by Gasteiger charge is -2.05. The highest BCUT2D eigenvalue weighted by Gasteiger charge is 2.12. The van der Waals surface area contributed by atoms with Crippen LogP contribution >= 0.6 is 0 Å². The van der Waals surface area contributed by atoms with Crippen LogP contribution in [0.4, 0.5) is 4.39 Å². The van der Waals surface area contributed by atoms with Crippen molar-refractivity contribution in [3.05, 3.63) is 23.5 Å². The number of phenols is 2. The third-order valence-electron chi connectivity index (χ3n) is 2.04. The molecular formula is C10H12FN3O4. The molecule has 0 heterocycles. The summed E-state index contributed by atoms with van der Waals surface area (Å²) in [4.78, 5) is 11.1. The monoisotopic (exact) mass is 257 g/mol. The predicted molar refractivity (Wildman–Crippen MR) is 60.5 cm³/mol. The Hall–Kier alpha value is -2.19. The van der Waals surface area contributed by atoms with Crippen molar-refractivity contribution in [1.82, 2.24) is 5.43 Å². The molecular weight excluding hydrogens is 245 g/mol. The summed E-state index contributed by atoms with van der Waals surface area (Å²) in [6, 6.07) is 1.11. The summed E-state index contributed by atoms with van der Waals surface area (Å²) in [5.41, 5.74) is 7.15. The zero-order valence-electron chi connectivity index (χ0n) is 9.17. The van der Waals surface area contributed by atoms with Crippen LogP contribution in [0.2, 0.25) is 0 Å². The second-order valence-corrected chi connectivity index (χ2v) is 3.36. The number of hydrogen-bond acceptors (Lipinski definition) is 6. The van der Waals surface area contributed by atoms with Gasteiger partial charge in [0, 0.05) is 5.56 Å². The van der Waals surface area contributed by atoms with Crippen LogP contribution in [0.15, 0.2) is 17.2 Å². The number of amides is 1. The third-order valence-corrected chi connectivity index (χ3v) is 2.04. The maximum atomic E-state index is 13.1. The van der Waals surface area contributed by atoms with Gasteiger partial charge in [0.2, 0.25) is 5.82 Å². The van der Waals surface area contributed by atoms with Gasteiger partial charge in [0.1, 0.15) is 6.04 Å². The Morgan fingerprint density at radius 2 is 2.22 bits per heavy atom. The van der Waals surface area contributed by atoms with E-state index in [-0.39, 0.29) is 5.56 Å². The summed E-state index contributed by atoms with van der Waals surface area (Å²) in [5.74, 6) is -3.40. The molecule has 0 aliphatic carbocycles. The molecule has 0 saturated carbocycles. The number of benzene rings is 1. The second-order valence-electron chi connectivity index (χ2n) is 3.36. The van der Waals surface area contributed by atoms with Gasteiger partial charge in [-0.15, -0.1) is 0 Å². The van der Waals surface area contributed by atoms with Gasteiger partial charge in [-0.3, -0.25) is 4.79 Å². The number of carbonyl (C=O) groups excluding carboxylic acids is 1. The van der Waals surface area contributed by atoms with E-state index >= 15 is 0 Å². The zero-order valence-corrected chi connectivity index (χ0v) is 9.17. The number of rotatable bonds is 4. The molecule has 0 aliphatic heterocycles. The summed E-state index contributed by atoms with van der Waals surface area (Å²) in [6.07, 6.45) is 0.972. The van der Waals surface area contributed by atoms with Gasteiger partial charge in [0.25, 0.3) is 5.91 Å². The summed E-state index contributed by atoms with van der Waals surface area (Å²) in [6.45, 7) is -0.541. The molecule has 0 aliphatic rings. The van der Waals surface area contributed by atoms with Crippen LogP contribution in [0.25, 0.3) is 0 Å². The fraction of sp³-hybridized carbons (Fsp3) is 0.200. The van der Waals surface area contributed by atoms with E-state index in [2.05, 4.69) is 5.10 Å². The van der Waals surface area contributed by atoms with Gasteiger partial charge in [0.05, 0.1) is 12.8 Å². The number of phenolic OH excluding ortho intramolecular Hbond substituents is 2. The van der Waals surface area contributed by atoms with E-state index in [0.29, 0.717) is 0 Å². The lowest BCUT2D eigenvalue weighted by molar-refractivity contribution is -0.123. The Bertz CT molecular complexity index is 478. The quantitative estimate of drug-likeness (QED) is 0.349. The number of hydrogen-bond donors (Lipinski definition) is 5. The van der Waals surface area contributed by atoms with Gasteiger partial charge in [-0.05, 0) is 12.1 Å². The minimum absolute atomic E-state index is 0.0387. The highest BCUT2D eigenvalue weighted by Crippen LogP contribution is 2.27. The van der Waals surface area contributed by atoms with E-state index in [1.54, 1.807) is 0 Å². The first kappa shape index (κ1) is 13.9. The van der Waals surface area contributed by atoms with Crippen molar-refractivity contribution in [2.45, 2.75) is 6.04 Å². The van der Waals surface area contributed by atoms with E-state index in [1.165, 1.54) is 6.07 Å². The topological polar surface area (TPSA) is 128 Å². The summed E-state index contributed by atoms with van der Waals surface area (Å²) in [5, 5.41) is 30.2. The SMILES string of the molecule is N[C@@H](CO)C(=O)N/N=C/c1ccc(O)c(F)c1O. The first-order valence-electron chi connectivity index (χ1n) is 4.87. The molecule has 98 valence electrons. The Kier molecular flexibility index (Phi) is 4.58. The van der Waals surface area contributed by atoms with Gasteiger partial charge in [-0.25, -0.2) is 5.43 Å². The van der Waals surface area contributed by atoms with Crippen molar-refractivity contribution in [1.29, 1.82) is 0 Å². The van der Waals surface area contributed by atoms with Crippen LogP contribution in [0.1, 0.15) is 5.56 Å². The fourth-order valence-corrected chi connectivity index (χ4v) is 1.00. The molecule has 0 spiro atoms. The smallest absolute Gasteiger partial charge is 0.259 e. The molecule has 18 heavy (non-hydrogen) atoms. The van der Waals surface area contributed by atoms with Gasteiger partial charge >= 0.3 is 0 Å². The number of halogens is 1. The highest BCUT2D eigenvalue weighted by atomic mass is 19.1. The van der Waals surface area contributed by atoms with E-state index < -0.39 is 35.9 Å². The van der Waals surface area contributed by atoms with Gasteiger partial charge in [-0.2, -0.15) is 9.49 Å². The molecule has 6 N–H and O–H groups in total. The predicted octanol–water partition coefficient (Wildman–Crippen LogP) is -0.993. The number of nitrogens with two attached hydrogens (primary N) is 1. The Labute approximate surface area is 101 Å². The number of aromatic hydroxyl groups is 2. The zero-order chi connectivity index (χ0) is 13.7. The number of aliphatic hydroxyl groups excluding tert-OH is 1. The number of nitrogens with one attached hydrogen (secondary N) is 1. The number of carbonyl (C=O) groups is 1. The van der Waals surface area contributed by atoms with Crippen LogP contribution in [0, 0.1) is 5.82 Å². The number of aliphatic hydroxyl groups is 1. The molecule has 0 aromatic heterocycles.